The number of ether oxygens (including phenoxy) is 1. The normalized spacial score (nSPS) is 14.1. The minimum atomic E-state index is -0.522. The van der Waals surface area contributed by atoms with Gasteiger partial charge in [0.25, 0.3) is 11.8 Å². The van der Waals surface area contributed by atoms with Gasteiger partial charge in [0.15, 0.2) is 12.4 Å². The van der Waals surface area contributed by atoms with E-state index in [2.05, 4.69) is 0 Å². The van der Waals surface area contributed by atoms with Crippen molar-refractivity contribution < 1.29 is 14.3 Å². The first-order valence-electron chi connectivity index (χ1n) is 4.78. The minimum Gasteiger partial charge on any atom is -0.481 e. The van der Waals surface area contributed by atoms with Crippen LogP contribution in [0.5, 0.6) is 5.75 Å². The van der Waals surface area contributed by atoms with E-state index in [1.807, 2.05) is 5.43 Å². The zero-order chi connectivity index (χ0) is 12.6. The number of hydrazine groups is 1. The molecule has 1 heterocycles. The van der Waals surface area contributed by atoms with Gasteiger partial charge in [-0.15, -0.1) is 0 Å². The van der Waals surface area contributed by atoms with Gasteiger partial charge in [-0.25, -0.2) is 5.84 Å². The van der Waals surface area contributed by atoms with E-state index in [4.69, 9.17) is 22.2 Å². The zero-order valence-corrected chi connectivity index (χ0v) is 9.75. The topological polar surface area (TPSA) is 84.7 Å². The molecule has 1 aromatic rings. The average molecular weight is 256 g/mol. The zero-order valence-electron chi connectivity index (χ0n) is 8.99. The molecule has 0 unspecified atom stereocenters. The molecule has 0 saturated heterocycles. The molecule has 90 valence electrons. The molecule has 0 spiro atoms. The van der Waals surface area contributed by atoms with E-state index in [0.717, 1.165) is 0 Å². The van der Waals surface area contributed by atoms with E-state index in [1.54, 1.807) is 13.1 Å². The number of hydrogen-bond donors (Lipinski definition) is 2. The van der Waals surface area contributed by atoms with Gasteiger partial charge in [0, 0.05) is 12.1 Å². The smallest absolute Gasteiger partial charge is 0.269 e. The highest BCUT2D eigenvalue weighted by Gasteiger charge is 2.27. The standard InChI is InChI=1S/C10H10ClN3O3/c1-14-7-3-5(11)2-6(10(16)13-12)9(7)17-4-8(14)15/h2-3H,4,12H2,1H3,(H,13,16). The van der Waals surface area contributed by atoms with Crippen molar-refractivity contribution in [3.8, 4) is 5.75 Å². The third-order valence-corrected chi connectivity index (χ3v) is 2.70. The molecule has 2 rings (SSSR count). The molecule has 0 radical (unpaired) electrons. The Morgan fingerprint density at radius 2 is 2.29 bits per heavy atom. The lowest BCUT2D eigenvalue weighted by atomic mass is 10.1. The molecule has 6 nitrogen and oxygen atoms in total. The molecular weight excluding hydrogens is 246 g/mol. The van der Waals surface area contributed by atoms with Crippen LogP contribution in [0.15, 0.2) is 12.1 Å². The summed E-state index contributed by atoms with van der Waals surface area (Å²) < 4.78 is 5.25. The van der Waals surface area contributed by atoms with Gasteiger partial charge in [0.05, 0.1) is 11.3 Å². The van der Waals surface area contributed by atoms with E-state index >= 15 is 0 Å². The van der Waals surface area contributed by atoms with E-state index in [-0.39, 0.29) is 18.1 Å². The number of fused-ring (bicyclic) bond motifs is 1. The second-order valence-corrected chi connectivity index (χ2v) is 3.95. The maximum atomic E-state index is 11.5. The second-order valence-electron chi connectivity index (χ2n) is 3.52. The van der Waals surface area contributed by atoms with Crippen molar-refractivity contribution in [3.05, 3.63) is 22.7 Å². The van der Waals surface area contributed by atoms with Crippen LogP contribution in [-0.4, -0.2) is 25.5 Å². The number of likely N-dealkylation sites (N-methyl/N-ethyl adjacent to an activating group) is 1. The molecule has 0 fully saturated rings. The molecule has 0 bridgehead atoms. The maximum Gasteiger partial charge on any atom is 0.269 e. The largest absolute Gasteiger partial charge is 0.481 e. The molecule has 0 aliphatic carbocycles. The van der Waals surface area contributed by atoms with Gasteiger partial charge in [-0.1, -0.05) is 11.6 Å². The number of nitrogens with two attached hydrogens (primary N) is 1. The van der Waals surface area contributed by atoms with Gasteiger partial charge < -0.3 is 9.64 Å². The second kappa shape index (κ2) is 4.23. The molecule has 1 aliphatic rings. The average Bonchev–Trinajstić information content (AvgIpc) is 2.32. The summed E-state index contributed by atoms with van der Waals surface area (Å²) in [6.45, 7) is -0.115. The Bertz CT molecular complexity index is 504. The van der Waals surface area contributed by atoms with E-state index in [0.29, 0.717) is 16.5 Å². The molecule has 0 saturated carbocycles. The molecule has 2 amide bonds. The first-order chi connectivity index (χ1) is 8.04. The Hall–Kier alpha value is -1.79. The molecule has 1 aliphatic heterocycles. The molecule has 1 aromatic carbocycles. The number of rotatable bonds is 1. The summed E-state index contributed by atoms with van der Waals surface area (Å²) in [5, 5.41) is 0.326. The van der Waals surface area contributed by atoms with Crippen molar-refractivity contribution in [1.82, 2.24) is 5.43 Å². The first-order valence-corrected chi connectivity index (χ1v) is 5.16. The summed E-state index contributed by atoms with van der Waals surface area (Å²) in [5.41, 5.74) is 2.66. The number of carbonyl (C=O) groups is 2. The van der Waals surface area contributed by atoms with E-state index < -0.39 is 5.91 Å². The number of amides is 2. The van der Waals surface area contributed by atoms with Crippen LogP contribution in [-0.2, 0) is 4.79 Å². The van der Waals surface area contributed by atoms with Crippen LogP contribution in [0, 0.1) is 0 Å². The fourth-order valence-corrected chi connectivity index (χ4v) is 1.80. The lowest BCUT2D eigenvalue weighted by molar-refractivity contribution is -0.121. The number of halogens is 1. The fourth-order valence-electron chi connectivity index (χ4n) is 1.59. The Morgan fingerprint density at radius 3 is 2.94 bits per heavy atom. The monoisotopic (exact) mass is 255 g/mol. The number of anilines is 1. The Labute approximate surface area is 102 Å². The number of hydrogen-bond acceptors (Lipinski definition) is 4. The lowest BCUT2D eigenvalue weighted by Crippen LogP contribution is -2.37. The summed E-state index contributed by atoms with van der Waals surface area (Å²) in [6, 6.07) is 2.99. The summed E-state index contributed by atoms with van der Waals surface area (Å²) >= 11 is 5.88. The van der Waals surface area contributed by atoms with Crippen molar-refractivity contribution in [1.29, 1.82) is 0 Å². The lowest BCUT2D eigenvalue weighted by Gasteiger charge is -2.27. The summed E-state index contributed by atoms with van der Waals surface area (Å²) in [4.78, 5) is 24.4. The number of benzene rings is 1. The van der Waals surface area contributed by atoms with Crippen LogP contribution in [0.2, 0.25) is 5.02 Å². The van der Waals surface area contributed by atoms with Crippen LogP contribution >= 0.6 is 11.6 Å². The van der Waals surface area contributed by atoms with Crippen molar-refractivity contribution in [2.75, 3.05) is 18.6 Å². The molecule has 0 aromatic heterocycles. The van der Waals surface area contributed by atoms with Gasteiger partial charge in [-0.05, 0) is 12.1 Å². The fraction of sp³-hybridized carbons (Fsp3) is 0.200. The van der Waals surface area contributed by atoms with Crippen molar-refractivity contribution in [2.45, 2.75) is 0 Å². The van der Waals surface area contributed by atoms with Crippen LogP contribution in [0.3, 0.4) is 0 Å². The predicted molar refractivity (Wildman–Crippen MR) is 62.0 cm³/mol. The highest BCUT2D eigenvalue weighted by atomic mass is 35.5. The van der Waals surface area contributed by atoms with Crippen LogP contribution in [0.1, 0.15) is 10.4 Å². The van der Waals surface area contributed by atoms with Crippen LogP contribution in [0.25, 0.3) is 0 Å². The van der Waals surface area contributed by atoms with Crippen LogP contribution in [0.4, 0.5) is 5.69 Å². The van der Waals surface area contributed by atoms with Gasteiger partial charge in [0.1, 0.15) is 0 Å². The molecule has 0 atom stereocenters. The van der Waals surface area contributed by atoms with Crippen molar-refractivity contribution in [3.63, 3.8) is 0 Å². The molecular formula is C10H10ClN3O3. The summed E-state index contributed by atoms with van der Waals surface area (Å²) in [7, 11) is 1.59. The molecule has 3 N–H and O–H groups in total. The Morgan fingerprint density at radius 1 is 1.59 bits per heavy atom. The van der Waals surface area contributed by atoms with E-state index in [9.17, 15) is 9.59 Å². The minimum absolute atomic E-state index is 0.115. The Balaban J connectivity index is 2.60. The first kappa shape index (κ1) is 11.7. The molecule has 7 heteroatoms. The van der Waals surface area contributed by atoms with Crippen molar-refractivity contribution in [2.24, 2.45) is 5.84 Å². The van der Waals surface area contributed by atoms with Gasteiger partial charge in [0.2, 0.25) is 0 Å². The number of nitrogen functional groups attached to an aromatic ring is 1. The number of nitrogens with one attached hydrogen (secondary N) is 1. The van der Waals surface area contributed by atoms with Gasteiger partial charge >= 0.3 is 0 Å². The highest BCUT2D eigenvalue weighted by Crippen LogP contribution is 2.37. The SMILES string of the molecule is CN1C(=O)COc2c(C(=O)NN)cc(Cl)cc21. The number of nitrogens with zero attached hydrogens (tertiary/aromatic N) is 1. The molecule has 17 heavy (non-hydrogen) atoms. The third kappa shape index (κ3) is 1.92. The quantitative estimate of drug-likeness (QED) is 0.429. The van der Waals surface area contributed by atoms with Gasteiger partial charge in [-0.3, -0.25) is 15.0 Å². The number of carbonyl (C=O) groups excluding carboxylic acids is 2. The summed E-state index contributed by atoms with van der Waals surface area (Å²) in [5.74, 6) is 4.64. The van der Waals surface area contributed by atoms with E-state index in [1.165, 1.54) is 11.0 Å². The maximum absolute atomic E-state index is 11.5. The van der Waals surface area contributed by atoms with Crippen molar-refractivity contribution >= 4 is 29.1 Å². The van der Waals surface area contributed by atoms with Crippen LogP contribution < -0.4 is 20.9 Å². The predicted octanol–water partition coefficient (Wildman–Crippen LogP) is 0.299. The Kier molecular flexibility index (Phi) is 2.91. The van der Waals surface area contributed by atoms with Gasteiger partial charge in [-0.2, -0.15) is 0 Å². The third-order valence-electron chi connectivity index (χ3n) is 2.49. The summed E-state index contributed by atoms with van der Waals surface area (Å²) in [6.07, 6.45) is 0. The highest BCUT2D eigenvalue weighted by molar-refractivity contribution is 6.31.